The van der Waals surface area contributed by atoms with Crippen LogP contribution in [0.1, 0.15) is 11.1 Å². The van der Waals surface area contributed by atoms with Gasteiger partial charge in [-0.15, -0.1) is 6.08 Å². The minimum absolute atomic E-state index is 0.941. The number of benzene rings is 1. The van der Waals surface area contributed by atoms with Crippen molar-refractivity contribution in [3.05, 3.63) is 65.9 Å². The highest BCUT2D eigenvalue weighted by Crippen LogP contribution is 2.18. The number of nitrogens with zero attached hydrogens (tertiary/aromatic N) is 1. The molecular formula is C14H15N. The Bertz CT molecular complexity index is 427. The molecule has 0 atom stereocenters. The van der Waals surface area contributed by atoms with Crippen LogP contribution in [0.5, 0.6) is 0 Å². The fourth-order valence-electron chi connectivity index (χ4n) is 1.68. The van der Waals surface area contributed by atoms with Gasteiger partial charge in [0, 0.05) is 6.42 Å². The molecular weight excluding hydrogens is 182 g/mol. The predicted molar refractivity (Wildman–Crippen MR) is 63.8 cm³/mol. The van der Waals surface area contributed by atoms with Gasteiger partial charge in [0.1, 0.15) is 6.04 Å². The average molecular weight is 197 g/mol. The van der Waals surface area contributed by atoms with Crippen molar-refractivity contribution in [2.24, 2.45) is 0 Å². The van der Waals surface area contributed by atoms with Gasteiger partial charge in [-0.2, -0.15) is 0 Å². The molecule has 1 aliphatic rings. The first kappa shape index (κ1) is 9.78. The van der Waals surface area contributed by atoms with Crippen molar-refractivity contribution in [1.82, 2.24) is 0 Å². The van der Waals surface area contributed by atoms with Crippen LogP contribution in [0.3, 0.4) is 0 Å². The Morgan fingerprint density at radius 2 is 2.07 bits per heavy atom. The van der Waals surface area contributed by atoms with Gasteiger partial charge in [0.15, 0.2) is 0 Å². The van der Waals surface area contributed by atoms with Crippen molar-refractivity contribution >= 4 is 6.72 Å². The maximum Gasteiger partial charge on any atom is 0.104 e. The molecule has 76 valence electrons. The molecule has 0 amide bonds. The molecule has 0 saturated heterocycles. The van der Waals surface area contributed by atoms with Crippen molar-refractivity contribution in [2.75, 3.05) is 0 Å². The van der Waals surface area contributed by atoms with Gasteiger partial charge >= 0.3 is 0 Å². The summed E-state index contributed by atoms with van der Waals surface area (Å²) in [5.74, 6) is 0. The van der Waals surface area contributed by atoms with Crippen LogP contribution < -0.4 is 0 Å². The Balaban J connectivity index is 2.16. The molecule has 0 spiro atoms. The molecule has 1 heteroatoms. The van der Waals surface area contributed by atoms with Crippen LogP contribution in [0.4, 0.5) is 0 Å². The van der Waals surface area contributed by atoms with Crippen molar-refractivity contribution < 1.29 is 4.58 Å². The third-order valence-electron chi connectivity index (χ3n) is 2.67. The first-order valence-electron chi connectivity index (χ1n) is 5.12. The number of hydrogen-bond donors (Lipinski definition) is 0. The van der Waals surface area contributed by atoms with Crippen molar-refractivity contribution in [3.63, 3.8) is 0 Å². The fourth-order valence-corrected chi connectivity index (χ4v) is 1.68. The van der Waals surface area contributed by atoms with Crippen LogP contribution in [0.2, 0.25) is 0 Å². The van der Waals surface area contributed by atoms with Crippen LogP contribution in [-0.4, -0.2) is 11.3 Å². The normalized spacial score (nSPS) is 14.7. The Morgan fingerprint density at radius 3 is 2.80 bits per heavy atom. The van der Waals surface area contributed by atoms with Crippen molar-refractivity contribution in [1.29, 1.82) is 0 Å². The molecule has 0 aromatic heterocycles. The molecule has 15 heavy (non-hydrogen) atoms. The van der Waals surface area contributed by atoms with E-state index in [0.29, 0.717) is 0 Å². The molecule has 1 aromatic carbocycles. The van der Waals surface area contributed by atoms with Crippen molar-refractivity contribution in [2.45, 2.75) is 13.3 Å². The molecule has 0 fully saturated rings. The van der Waals surface area contributed by atoms with Gasteiger partial charge in [-0.3, -0.25) is 4.58 Å². The first-order chi connectivity index (χ1) is 7.27. The zero-order valence-corrected chi connectivity index (χ0v) is 8.98. The topological polar surface area (TPSA) is 3.01 Å². The lowest BCUT2D eigenvalue weighted by Crippen LogP contribution is -2.14. The number of rotatable bonds is 2. The summed E-state index contributed by atoms with van der Waals surface area (Å²) in [7, 11) is 0. The van der Waals surface area contributed by atoms with Gasteiger partial charge < -0.3 is 0 Å². The van der Waals surface area contributed by atoms with Crippen LogP contribution in [-0.2, 0) is 6.42 Å². The maximum absolute atomic E-state index is 3.96. The van der Waals surface area contributed by atoms with Gasteiger partial charge in [-0.05, 0) is 18.1 Å². The first-order valence-corrected chi connectivity index (χ1v) is 5.12. The summed E-state index contributed by atoms with van der Waals surface area (Å²) in [6.45, 7) is 6.11. The molecule has 0 bridgehead atoms. The van der Waals surface area contributed by atoms with E-state index >= 15 is 0 Å². The summed E-state index contributed by atoms with van der Waals surface area (Å²) in [5, 5.41) is 0. The predicted octanol–water partition coefficient (Wildman–Crippen LogP) is 2.87. The molecule has 0 saturated carbocycles. The average Bonchev–Trinajstić information content (AvgIpc) is 2.24. The zero-order chi connectivity index (χ0) is 10.7. The Hall–Kier alpha value is -1.76. The monoisotopic (exact) mass is 197 g/mol. The minimum Gasteiger partial charge on any atom is -0.298 e. The second-order valence-corrected chi connectivity index (χ2v) is 3.77. The van der Waals surface area contributed by atoms with Crippen molar-refractivity contribution in [3.8, 4) is 0 Å². The third kappa shape index (κ3) is 2.18. The maximum atomic E-state index is 3.96. The molecule has 1 aromatic rings. The van der Waals surface area contributed by atoms with E-state index in [1.165, 1.54) is 17.2 Å². The van der Waals surface area contributed by atoms with E-state index in [4.69, 9.17) is 0 Å². The summed E-state index contributed by atoms with van der Waals surface area (Å²) in [4.78, 5) is 0. The summed E-state index contributed by atoms with van der Waals surface area (Å²) in [6.07, 6.45) is 9.08. The van der Waals surface area contributed by atoms with Gasteiger partial charge in [0.05, 0.1) is 12.9 Å². The van der Waals surface area contributed by atoms with E-state index in [1.54, 1.807) is 0 Å². The lowest BCUT2D eigenvalue weighted by atomic mass is 10.00. The molecule has 2 rings (SSSR count). The summed E-state index contributed by atoms with van der Waals surface area (Å²) in [6, 6.07) is 9.70. The second-order valence-electron chi connectivity index (χ2n) is 3.77. The quantitative estimate of drug-likeness (QED) is 0.506. The molecule has 1 heterocycles. The highest BCUT2D eigenvalue weighted by Gasteiger charge is 2.11. The summed E-state index contributed by atoms with van der Waals surface area (Å²) >= 11 is 0. The lowest BCUT2D eigenvalue weighted by molar-refractivity contribution is -0.426. The summed E-state index contributed by atoms with van der Waals surface area (Å²) < 4.78 is 1.92. The van der Waals surface area contributed by atoms with Crippen LogP contribution in [0, 0.1) is 13.0 Å². The smallest absolute Gasteiger partial charge is 0.104 e. The highest BCUT2D eigenvalue weighted by atomic mass is 15.0. The molecule has 0 radical (unpaired) electrons. The van der Waals surface area contributed by atoms with E-state index in [1.807, 2.05) is 16.9 Å². The van der Waals surface area contributed by atoms with Gasteiger partial charge in [0.2, 0.25) is 0 Å². The standard InChI is InChI=1S/C14H15N/c1-12-7-3-4-8-13(12)11-14-9-5-6-10-15(14)2/h3-10H,2,11H2,1H3. The zero-order valence-electron chi connectivity index (χ0n) is 8.98. The van der Waals surface area contributed by atoms with E-state index < -0.39 is 0 Å². The van der Waals surface area contributed by atoms with Crippen LogP contribution in [0.25, 0.3) is 0 Å². The van der Waals surface area contributed by atoms with E-state index in [9.17, 15) is 0 Å². The minimum atomic E-state index is 0.941. The van der Waals surface area contributed by atoms with E-state index in [-0.39, 0.29) is 0 Å². The van der Waals surface area contributed by atoms with Crippen LogP contribution in [0.15, 0.2) is 48.7 Å². The Labute approximate surface area is 91.1 Å². The number of hydrogen-bond acceptors (Lipinski definition) is 0. The molecule has 0 aliphatic carbocycles. The summed E-state index contributed by atoms with van der Waals surface area (Å²) in [5.41, 5.74) is 2.70. The van der Waals surface area contributed by atoms with Gasteiger partial charge in [0.25, 0.3) is 0 Å². The Kier molecular flexibility index (Phi) is 2.72. The molecule has 1 nitrogen and oxygen atoms in total. The third-order valence-corrected chi connectivity index (χ3v) is 2.67. The van der Waals surface area contributed by atoms with Gasteiger partial charge in [-0.25, -0.2) is 0 Å². The van der Waals surface area contributed by atoms with Gasteiger partial charge in [-0.1, -0.05) is 36.4 Å². The largest absolute Gasteiger partial charge is 0.298 e. The Morgan fingerprint density at radius 1 is 1.27 bits per heavy atom. The number of allylic oxidation sites excluding steroid dienone is 2. The fraction of sp³-hybridized carbons (Fsp3) is 0.143. The lowest BCUT2D eigenvalue weighted by Gasteiger charge is -2.17. The molecule has 1 aliphatic heterocycles. The van der Waals surface area contributed by atoms with E-state index in [0.717, 1.165) is 6.42 Å². The second kappa shape index (κ2) is 4.18. The molecule has 0 unspecified atom stereocenters. The SMILES string of the molecule is C=[N+]1C=CC=C[C-]1Cc1ccccc1C. The van der Waals surface area contributed by atoms with E-state index in [2.05, 4.69) is 50.1 Å². The number of aryl methyl sites for hydroxylation is 1. The van der Waals surface area contributed by atoms with Crippen LogP contribution >= 0.6 is 0 Å². The molecule has 0 N–H and O–H groups in total. The highest BCUT2D eigenvalue weighted by molar-refractivity contribution is 5.31.